The first kappa shape index (κ1) is 10.5. The van der Waals surface area contributed by atoms with E-state index in [2.05, 4.69) is 18.1 Å². The zero-order valence-electron chi connectivity index (χ0n) is 8.95. The first-order valence-corrected chi connectivity index (χ1v) is 4.85. The number of aromatic nitrogens is 2. The third-order valence-corrected chi connectivity index (χ3v) is 2.55. The van der Waals surface area contributed by atoms with E-state index in [4.69, 9.17) is 4.74 Å². The molecular formula is C11H12N2O3. The van der Waals surface area contributed by atoms with Gasteiger partial charge in [0.2, 0.25) is 0 Å². The average molecular weight is 220 g/mol. The average Bonchev–Trinajstić information content (AvgIpc) is 2.53. The van der Waals surface area contributed by atoms with Gasteiger partial charge in [-0.05, 0) is 12.5 Å². The topological polar surface area (TPSA) is 64.1 Å². The third-order valence-electron chi connectivity index (χ3n) is 2.55. The predicted molar refractivity (Wildman–Crippen MR) is 59.1 cm³/mol. The molecule has 1 aliphatic rings. The van der Waals surface area contributed by atoms with Gasteiger partial charge in [-0.2, -0.15) is 0 Å². The summed E-state index contributed by atoms with van der Waals surface area (Å²) in [7, 11) is 0. The van der Waals surface area contributed by atoms with Gasteiger partial charge in [0.15, 0.2) is 6.23 Å². The number of nitrogens with zero attached hydrogens (tertiary/aromatic N) is 1. The number of aryl methyl sites for hydroxylation is 1. The number of rotatable bonds is 1. The Balaban J connectivity index is 2.46. The highest BCUT2D eigenvalue weighted by atomic mass is 16.5. The van der Waals surface area contributed by atoms with Crippen LogP contribution < -0.4 is 11.2 Å². The molecule has 0 aliphatic carbocycles. The summed E-state index contributed by atoms with van der Waals surface area (Å²) in [5, 5.41) is 0. The molecular weight excluding hydrogens is 208 g/mol. The fourth-order valence-electron chi connectivity index (χ4n) is 1.57. The summed E-state index contributed by atoms with van der Waals surface area (Å²) in [6, 6.07) is 0. The van der Waals surface area contributed by atoms with Crippen LogP contribution in [0.15, 0.2) is 40.3 Å². The van der Waals surface area contributed by atoms with Gasteiger partial charge < -0.3 is 4.74 Å². The second-order valence-corrected chi connectivity index (χ2v) is 3.78. The highest BCUT2D eigenvalue weighted by Gasteiger charge is 2.25. The Kier molecular flexibility index (Phi) is 2.30. The Morgan fingerprint density at radius 1 is 1.50 bits per heavy atom. The van der Waals surface area contributed by atoms with Gasteiger partial charge in [0.05, 0.1) is 0 Å². The van der Waals surface area contributed by atoms with E-state index >= 15 is 0 Å². The summed E-state index contributed by atoms with van der Waals surface area (Å²) in [6.45, 7) is 9.07. The molecule has 1 saturated heterocycles. The van der Waals surface area contributed by atoms with Crippen LogP contribution in [0.5, 0.6) is 0 Å². The molecule has 2 heterocycles. The Morgan fingerprint density at radius 3 is 2.75 bits per heavy atom. The van der Waals surface area contributed by atoms with Crippen LogP contribution in [0.1, 0.15) is 18.2 Å². The lowest BCUT2D eigenvalue weighted by Crippen LogP contribution is -2.33. The summed E-state index contributed by atoms with van der Waals surface area (Å²) in [6.07, 6.45) is 1.53. The Morgan fingerprint density at radius 2 is 2.19 bits per heavy atom. The van der Waals surface area contributed by atoms with Gasteiger partial charge in [0.1, 0.15) is 5.76 Å². The summed E-state index contributed by atoms with van der Waals surface area (Å²) in [5.74, 6) is 0.487. The molecule has 0 unspecified atom stereocenters. The molecule has 1 aliphatic heterocycles. The van der Waals surface area contributed by atoms with E-state index in [1.165, 1.54) is 10.8 Å². The van der Waals surface area contributed by atoms with Gasteiger partial charge in [-0.3, -0.25) is 14.3 Å². The summed E-state index contributed by atoms with van der Waals surface area (Å²) >= 11 is 0. The van der Waals surface area contributed by atoms with Crippen LogP contribution in [-0.2, 0) is 4.74 Å². The van der Waals surface area contributed by atoms with Gasteiger partial charge in [-0.25, -0.2) is 4.79 Å². The van der Waals surface area contributed by atoms with E-state index in [0.717, 1.165) is 5.57 Å². The SMILES string of the molecule is C=C1C[C@H](n2cc(C)c(=O)[nH]c2=O)OC1=C. The number of hydrogen-bond donors (Lipinski definition) is 1. The second kappa shape index (κ2) is 3.52. The highest BCUT2D eigenvalue weighted by Crippen LogP contribution is 2.32. The summed E-state index contributed by atoms with van der Waals surface area (Å²) in [5.41, 5.74) is 0.368. The van der Waals surface area contributed by atoms with Crippen LogP contribution >= 0.6 is 0 Å². The maximum Gasteiger partial charge on any atom is 0.331 e. The molecule has 0 bridgehead atoms. The van der Waals surface area contributed by atoms with Crippen LogP contribution in [0.4, 0.5) is 0 Å². The van der Waals surface area contributed by atoms with Crippen LogP contribution in [0, 0.1) is 6.92 Å². The molecule has 5 heteroatoms. The van der Waals surface area contributed by atoms with E-state index in [1.807, 2.05) is 0 Å². The molecule has 5 nitrogen and oxygen atoms in total. The van der Waals surface area contributed by atoms with E-state index in [1.54, 1.807) is 6.92 Å². The van der Waals surface area contributed by atoms with Crippen molar-refractivity contribution in [1.29, 1.82) is 0 Å². The van der Waals surface area contributed by atoms with Crippen molar-refractivity contribution >= 4 is 0 Å². The maximum absolute atomic E-state index is 11.6. The minimum absolute atomic E-state index is 0.378. The van der Waals surface area contributed by atoms with E-state index < -0.39 is 11.9 Å². The van der Waals surface area contributed by atoms with Crippen molar-refractivity contribution in [3.63, 3.8) is 0 Å². The molecule has 16 heavy (non-hydrogen) atoms. The Labute approximate surface area is 91.7 Å². The number of allylic oxidation sites excluding steroid dienone is 1. The van der Waals surface area contributed by atoms with Crippen molar-refractivity contribution in [2.45, 2.75) is 19.6 Å². The normalized spacial score (nSPS) is 19.9. The van der Waals surface area contributed by atoms with Crippen LogP contribution in [0.25, 0.3) is 0 Å². The number of H-pyrrole nitrogens is 1. The first-order valence-electron chi connectivity index (χ1n) is 4.85. The molecule has 84 valence electrons. The number of aromatic amines is 1. The molecule has 0 radical (unpaired) electrons. The first-order chi connectivity index (χ1) is 7.49. The molecule has 1 N–H and O–H groups in total. The van der Waals surface area contributed by atoms with Crippen molar-refractivity contribution in [2.75, 3.05) is 0 Å². The number of ether oxygens (including phenoxy) is 1. The molecule has 1 aromatic heterocycles. The third kappa shape index (κ3) is 1.60. The lowest BCUT2D eigenvalue weighted by atomic mass is 10.2. The summed E-state index contributed by atoms with van der Waals surface area (Å²) < 4.78 is 6.73. The monoisotopic (exact) mass is 220 g/mol. The fourth-order valence-corrected chi connectivity index (χ4v) is 1.57. The molecule has 1 atom stereocenters. The van der Waals surface area contributed by atoms with Gasteiger partial charge in [-0.15, -0.1) is 0 Å². The van der Waals surface area contributed by atoms with E-state index in [9.17, 15) is 9.59 Å². The van der Waals surface area contributed by atoms with Gasteiger partial charge in [0.25, 0.3) is 5.56 Å². The summed E-state index contributed by atoms with van der Waals surface area (Å²) in [4.78, 5) is 25.0. The smallest absolute Gasteiger partial charge is 0.331 e. The maximum atomic E-state index is 11.6. The van der Waals surface area contributed by atoms with Crippen LogP contribution in [-0.4, -0.2) is 9.55 Å². The molecule has 1 aromatic rings. The molecule has 0 amide bonds. The van der Waals surface area contributed by atoms with Gasteiger partial charge in [0, 0.05) is 18.2 Å². The highest BCUT2D eigenvalue weighted by molar-refractivity contribution is 5.24. The van der Waals surface area contributed by atoms with Crippen LogP contribution in [0.3, 0.4) is 0 Å². The van der Waals surface area contributed by atoms with Crippen molar-refractivity contribution in [3.8, 4) is 0 Å². The van der Waals surface area contributed by atoms with Crippen molar-refractivity contribution < 1.29 is 4.74 Å². The van der Waals surface area contributed by atoms with Gasteiger partial charge in [-0.1, -0.05) is 13.2 Å². The molecule has 0 saturated carbocycles. The lowest BCUT2D eigenvalue weighted by Gasteiger charge is -2.13. The molecule has 2 rings (SSSR count). The minimum Gasteiger partial charge on any atom is -0.470 e. The van der Waals surface area contributed by atoms with Crippen molar-refractivity contribution in [1.82, 2.24) is 9.55 Å². The second-order valence-electron chi connectivity index (χ2n) is 3.78. The molecule has 0 spiro atoms. The molecule has 0 aromatic carbocycles. The number of hydrogen-bond acceptors (Lipinski definition) is 3. The standard InChI is InChI=1S/C11H12N2O3/c1-6-4-9(16-8(6)3)13-5-7(2)10(14)12-11(13)15/h5,9H,1,3-4H2,2H3,(H,12,14,15)/t9-/m1/s1. The number of nitrogens with one attached hydrogen (secondary N) is 1. The van der Waals surface area contributed by atoms with Gasteiger partial charge >= 0.3 is 5.69 Å². The minimum atomic E-state index is -0.483. The predicted octanol–water partition coefficient (Wildman–Crippen LogP) is 0.834. The Bertz CT molecular complexity index is 564. The Hall–Kier alpha value is -2.04. The van der Waals surface area contributed by atoms with E-state index in [0.29, 0.717) is 17.7 Å². The van der Waals surface area contributed by atoms with E-state index in [-0.39, 0.29) is 5.56 Å². The van der Waals surface area contributed by atoms with Crippen molar-refractivity contribution in [2.24, 2.45) is 0 Å². The fraction of sp³-hybridized carbons (Fsp3) is 0.273. The quantitative estimate of drug-likeness (QED) is 0.762. The lowest BCUT2D eigenvalue weighted by molar-refractivity contribution is 0.0937. The molecule has 1 fully saturated rings. The zero-order chi connectivity index (χ0) is 11.9. The largest absolute Gasteiger partial charge is 0.470 e. The van der Waals surface area contributed by atoms with Crippen LogP contribution in [0.2, 0.25) is 0 Å². The van der Waals surface area contributed by atoms with Crippen molar-refractivity contribution in [3.05, 3.63) is 57.1 Å². The zero-order valence-corrected chi connectivity index (χ0v) is 8.95.